The van der Waals surface area contributed by atoms with Crippen molar-refractivity contribution in [1.29, 1.82) is 0 Å². The van der Waals surface area contributed by atoms with Gasteiger partial charge in [-0.1, -0.05) is 48.2 Å². The summed E-state index contributed by atoms with van der Waals surface area (Å²) >= 11 is 6.32. The highest BCUT2D eigenvalue weighted by molar-refractivity contribution is 8.26. The maximum absolute atomic E-state index is 13.6. The van der Waals surface area contributed by atoms with Crippen LogP contribution in [0.1, 0.15) is 15.9 Å². The van der Waals surface area contributed by atoms with Gasteiger partial charge in [-0.25, -0.2) is 4.39 Å². The van der Waals surface area contributed by atoms with Crippen LogP contribution < -0.4 is 5.32 Å². The molecule has 3 rings (SSSR count). The quantitative estimate of drug-likeness (QED) is 0.656. The highest BCUT2D eigenvalue weighted by atomic mass is 32.2. The normalized spacial score (nSPS) is 15.8. The first-order valence-corrected chi connectivity index (χ1v) is 8.55. The van der Waals surface area contributed by atoms with Crippen molar-refractivity contribution in [3.05, 3.63) is 70.4 Å². The Morgan fingerprint density at radius 2 is 1.88 bits per heavy atom. The Kier molecular flexibility index (Phi) is 4.96. The fourth-order valence-electron chi connectivity index (χ4n) is 2.18. The monoisotopic (exact) mass is 372 g/mol. The smallest absolute Gasteiger partial charge is 0.265 e. The topological polar surface area (TPSA) is 49.4 Å². The minimum atomic E-state index is -0.492. The van der Waals surface area contributed by atoms with Gasteiger partial charge in [-0.2, -0.15) is 0 Å². The lowest BCUT2D eigenvalue weighted by atomic mass is 10.1. The van der Waals surface area contributed by atoms with Crippen molar-refractivity contribution in [2.24, 2.45) is 0 Å². The third-order valence-corrected chi connectivity index (χ3v) is 5.06. The highest BCUT2D eigenvalue weighted by Gasteiger charge is 2.28. The van der Waals surface area contributed by atoms with Gasteiger partial charge in [0.15, 0.2) is 0 Å². The second-order valence-corrected chi connectivity index (χ2v) is 6.97. The van der Waals surface area contributed by atoms with Crippen LogP contribution in [0.2, 0.25) is 0 Å². The Balaban J connectivity index is 1.74. The molecule has 1 heterocycles. The molecule has 0 saturated carbocycles. The van der Waals surface area contributed by atoms with Gasteiger partial charge in [-0.05, 0) is 35.9 Å². The number of para-hydroxylation sites is 1. The predicted molar refractivity (Wildman–Crippen MR) is 102 cm³/mol. The maximum atomic E-state index is 13.6. The lowest BCUT2D eigenvalue weighted by Gasteiger charge is -2.06. The summed E-state index contributed by atoms with van der Waals surface area (Å²) in [5, 5.41) is 2.53. The number of amides is 2. The molecular weight excluding hydrogens is 359 g/mol. The number of benzene rings is 2. The molecule has 0 aromatic heterocycles. The van der Waals surface area contributed by atoms with Crippen molar-refractivity contribution >= 4 is 51.9 Å². The number of hydrogen-bond acceptors (Lipinski definition) is 4. The summed E-state index contributed by atoms with van der Waals surface area (Å²) in [5.41, 5.74) is 1.29. The molecular formula is C18H13FN2O2S2. The molecule has 0 unspecified atom stereocenters. The average molecular weight is 372 g/mol. The van der Waals surface area contributed by atoms with Crippen LogP contribution >= 0.6 is 24.0 Å². The van der Waals surface area contributed by atoms with E-state index in [4.69, 9.17) is 12.2 Å². The van der Waals surface area contributed by atoms with Crippen LogP contribution in [0.5, 0.6) is 0 Å². The molecule has 25 heavy (non-hydrogen) atoms. The number of thiocarbonyl (C=S) groups is 1. The summed E-state index contributed by atoms with van der Waals surface area (Å²) in [5.74, 6) is -1.04. The van der Waals surface area contributed by atoms with Crippen molar-refractivity contribution in [1.82, 2.24) is 4.90 Å². The lowest BCUT2D eigenvalue weighted by Crippen LogP contribution is -2.22. The molecule has 1 aliphatic heterocycles. The molecule has 1 saturated heterocycles. The molecule has 0 atom stereocenters. The van der Waals surface area contributed by atoms with Gasteiger partial charge in [0.1, 0.15) is 10.1 Å². The van der Waals surface area contributed by atoms with Gasteiger partial charge in [0.25, 0.3) is 11.8 Å². The zero-order chi connectivity index (χ0) is 18.0. The van der Waals surface area contributed by atoms with Gasteiger partial charge in [0.05, 0.1) is 10.6 Å². The molecule has 7 heteroatoms. The van der Waals surface area contributed by atoms with Crippen LogP contribution in [0.25, 0.3) is 6.08 Å². The largest absolute Gasteiger partial charge is 0.319 e. The number of thioether (sulfide) groups is 1. The number of hydrogen-bond donors (Lipinski definition) is 1. The van der Waals surface area contributed by atoms with Crippen molar-refractivity contribution < 1.29 is 14.0 Å². The summed E-state index contributed by atoms with van der Waals surface area (Å²) in [4.78, 5) is 26.1. The lowest BCUT2D eigenvalue weighted by molar-refractivity contribution is -0.121. The van der Waals surface area contributed by atoms with E-state index < -0.39 is 11.7 Å². The second kappa shape index (κ2) is 7.16. The van der Waals surface area contributed by atoms with Crippen molar-refractivity contribution in [3.63, 3.8) is 0 Å². The van der Waals surface area contributed by atoms with Gasteiger partial charge in [0, 0.05) is 12.6 Å². The van der Waals surface area contributed by atoms with Crippen LogP contribution in [0.15, 0.2) is 53.4 Å². The second-order valence-electron chi connectivity index (χ2n) is 5.30. The molecule has 1 N–H and O–H groups in total. The molecule has 0 spiro atoms. The Morgan fingerprint density at radius 1 is 1.20 bits per heavy atom. The van der Waals surface area contributed by atoms with E-state index in [1.54, 1.807) is 49.5 Å². The van der Waals surface area contributed by atoms with E-state index in [1.165, 1.54) is 28.8 Å². The average Bonchev–Trinajstić information content (AvgIpc) is 2.84. The number of rotatable bonds is 3. The number of halogens is 1. The number of nitrogens with zero attached hydrogens (tertiary/aromatic N) is 1. The first kappa shape index (κ1) is 17.3. The zero-order valence-corrected chi connectivity index (χ0v) is 14.8. The van der Waals surface area contributed by atoms with Gasteiger partial charge >= 0.3 is 0 Å². The van der Waals surface area contributed by atoms with E-state index in [1.807, 2.05) is 0 Å². The fourth-order valence-corrected chi connectivity index (χ4v) is 3.36. The first-order chi connectivity index (χ1) is 12.0. The summed E-state index contributed by atoms with van der Waals surface area (Å²) in [6.07, 6.45) is 1.72. The van der Waals surface area contributed by atoms with Crippen molar-refractivity contribution in [2.45, 2.75) is 0 Å². The van der Waals surface area contributed by atoms with E-state index in [0.29, 0.717) is 14.8 Å². The van der Waals surface area contributed by atoms with Crippen LogP contribution in [-0.2, 0) is 4.79 Å². The molecule has 2 amide bonds. The van der Waals surface area contributed by atoms with Gasteiger partial charge in [-0.15, -0.1) is 0 Å². The molecule has 126 valence electrons. The van der Waals surface area contributed by atoms with E-state index in [9.17, 15) is 14.0 Å². The number of anilines is 1. The first-order valence-electron chi connectivity index (χ1n) is 7.33. The number of carbonyl (C=O) groups excluding carboxylic acids is 2. The third-order valence-electron chi connectivity index (χ3n) is 3.58. The van der Waals surface area contributed by atoms with Gasteiger partial charge in [-0.3, -0.25) is 14.5 Å². The number of carbonyl (C=O) groups is 2. The number of nitrogens with one attached hydrogen (secondary N) is 1. The summed E-state index contributed by atoms with van der Waals surface area (Å²) in [7, 11) is 1.63. The van der Waals surface area contributed by atoms with E-state index in [-0.39, 0.29) is 11.6 Å². The number of likely N-dealkylation sites (N-methyl/N-ethyl adjacent to an activating group) is 1. The van der Waals surface area contributed by atoms with E-state index >= 15 is 0 Å². The molecule has 0 aliphatic carbocycles. The SMILES string of the molecule is CN1C(=O)/C(=C\c2ccc(C(=O)Nc3ccccc3F)cc2)SC1=S. The van der Waals surface area contributed by atoms with Crippen LogP contribution in [0.4, 0.5) is 10.1 Å². The maximum Gasteiger partial charge on any atom is 0.265 e. The van der Waals surface area contributed by atoms with Crippen LogP contribution in [0, 0.1) is 5.82 Å². The summed E-state index contributed by atoms with van der Waals surface area (Å²) in [6, 6.07) is 12.7. The predicted octanol–water partition coefficient (Wildman–Crippen LogP) is 3.91. The minimum Gasteiger partial charge on any atom is -0.319 e. The molecule has 0 radical (unpaired) electrons. The standard InChI is InChI=1S/C18H13FN2O2S2/c1-21-17(23)15(25-18(21)24)10-11-6-8-12(9-7-11)16(22)20-14-5-3-2-4-13(14)19/h2-10H,1H3,(H,20,22)/b15-10+. The Morgan fingerprint density at radius 3 is 2.48 bits per heavy atom. The molecule has 1 aliphatic rings. The third kappa shape index (κ3) is 3.78. The van der Waals surface area contributed by atoms with Crippen LogP contribution in [0.3, 0.4) is 0 Å². The van der Waals surface area contributed by atoms with E-state index in [2.05, 4.69) is 5.32 Å². The van der Waals surface area contributed by atoms with Crippen molar-refractivity contribution in [2.75, 3.05) is 12.4 Å². The minimum absolute atomic E-state index is 0.128. The summed E-state index contributed by atoms with van der Waals surface area (Å²) in [6.45, 7) is 0. The molecule has 1 fully saturated rings. The molecule has 4 nitrogen and oxygen atoms in total. The molecule has 2 aromatic rings. The van der Waals surface area contributed by atoms with Gasteiger partial charge in [0.2, 0.25) is 0 Å². The van der Waals surface area contributed by atoms with Crippen molar-refractivity contribution in [3.8, 4) is 0 Å². The highest BCUT2D eigenvalue weighted by Crippen LogP contribution is 2.31. The zero-order valence-electron chi connectivity index (χ0n) is 13.2. The Hall–Kier alpha value is -2.51. The fraction of sp³-hybridized carbons (Fsp3) is 0.0556. The van der Waals surface area contributed by atoms with E-state index in [0.717, 1.165) is 5.56 Å². The summed E-state index contributed by atoms with van der Waals surface area (Å²) < 4.78 is 14.1. The molecule has 0 bridgehead atoms. The molecule has 2 aromatic carbocycles. The Labute approximate surface area is 153 Å². The Bertz CT molecular complexity index is 894. The van der Waals surface area contributed by atoms with Crippen LogP contribution in [-0.4, -0.2) is 28.1 Å². The van der Waals surface area contributed by atoms with Gasteiger partial charge < -0.3 is 5.32 Å².